The van der Waals surface area contributed by atoms with Crippen molar-refractivity contribution in [2.75, 3.05) is 5.43 Å². The van der Waals surface area contributed by atoms with Gasteiger partial charge in [-0.3, -0.25) is 4.57 Å². The molecule has 96 valence electrons. The molecule has 6 heteroatoms. The summed E-state index contributed by atoms with van der Waals surface area (Å²) in [6.45, 7) is 7.98. The quantitative estimate of drug-likeness (QED) is 0.636. The molecular weight excluding hydrogens is 228 g/mol. The zero-order valence-electron chi connectivity index (χ0n) is 11.1. The molecule has 0 saturated carbocycles. The molecule has 3 N–H and O–H groups in total. The van der Waals surface area contributed by atoms with E-state index in [0.29, 0.717) is 5.82 Å². The van der Waals surface area contributed by atoms with Gasteiger partial charge in [0.15, 0.2) is 0 Å². The Morgan fingerprint density at radius 1 is 1.28 bits per heavy atom. The van der Waals surface area contributed by atoms with Crippen molar-refractivity contribution in [3.05, 3.63) is 29.6 Å². The number of nitrogens with two attached hydrogens (primary N) is 1. The maximum Gasteiger partial charge on any atom is 0.148 e. The van der Waals surface area contributed by atoms with Crippen molar-refractivity contribution >= 4 is 5.82 Å². The smallest absolute Gasteiger partial charge is 0.148 e. The largest absolute Gasteiger partial charge is 0.308 e. The van der Waals surface area contributed by atoms with Crippen LogP contribution in [0.5, 0.6) is 0 Å². The highest BCUT2D eigenvalue weighted by atomic mass is 15.3. The lowest BCUT2D eigenvalue weighted by Crippen LogP contribution is -2.16. The number of rotatable bonds is 3. The molecule has 0 saturated heterocycles. The van der Waals surface area contributed by atoms with Crippen molar-refractivity contribution in [2.45, 2.75) is 33.6 Å². The first kappa shape index (κ1) is 12.5. The second-order valence-corrected chi connectivity index (χ2v) is 4.52. The molecule has 0 spiro atoms. The van der Waals surface area contributed by atoms with Gasteiger partial charge in [0.2, 0.25) is 0 Å². The van der Waals surface area contributed by atoms with Crippen LogP contribution in [0.1, 0.15) is 37.0 Å². The molecule has 2 rings (SSSR count). The summed E-state index contributed by atoms with van der Waals surface area (Å²) in [4.78, 5) is 13.2. The zero-order valence-corrected chi connectivity index (χ0v) is 11.1. The molecule has 2 aromatic heterocycles. The van der Waals surface area contributed by atoms with Gasteiger partial charge in [0, 0.05) is 23.9 Å². The maximum atomic E-state index is 5.51. The molecule has 0 amide bonds. The average molecular weight is 246 g/mol. The number of hydrogen-bond acceptors (Lipinski definition) is 5. The van der Waals surface area contributed by atoms with E-state index >= 15 is 0 Å². The lowest BCUT2D eigenvalue weighted by atomic mass is 10.2. The number of anilines is 1. The monoisotopic (exact) mass is 246 g/mol. The summed E-state index contributed by atoms with van der Waals surface area (Å²) in [5, 5.41) is 0. The molecule has 2 heterocycles. The fourth-order valence-electron chi connectivity index (χ4n) is 1.76. The number of nitrogen functional groups attached to an aromatic ring is 1. The Balaban J connectivity index is 2.66. The Kier molecular flexibility index (Phi) is 3.29. The fraction of sp³-hybridized carbons (Fsp3) is 0.417. The summed E-state index contributed by atoms with van der Waals surface area (Å²) in [6, 6.07) is 0. The van der Waals surface area contributed by atoms with E-state index in [-0.39, 0.29) is 5.92 Å². The minimum atomic E-state index is 0.236. The predicted octanol–water partition coefficient (Wildman–Crippen LogP) is 1.69. The first-order chi connectivity index (χ1) is 8.54. The lowest BCUT2D eigenvalue weighted by molar-refractivity contribution is 0.755. The number of nitrogens with zero attached hydrogens (tertiary/aromatic N) is 4. The van der Waals surface area contributed by atoms with Crippen LogP contribution in [0.15, 0.2) is 12.4 Å². The Hall–Kier alpha value is -1.95. The van der Waals surface area contributed by atoms with Crippen LogP contribution in [0.3, 0.4) is 0 Å². The minimum Gasteiger partial charge on any atom is -0.308 e. The maximum absolute atomic E-state index is 5.51. The van der Waals surface area contributed by atoms with E-state index in [1.165, 1.54) is 0 Å². The van der Waals surface area contributed by atoms with Crippen LogP contribution in [0.2, 0.25) is 0 Å². The van der Waals surface area contributed by atoms with Gasteiger partial charge in [-0.15, -0.1) is 0 Å². The third kappa shape index (κ3) is 2.06. The molecule has 0 aromatic carbocycles. The van der Waals surface area contributed by atoms with E-state index in [1.807, 2.05) is 24.6 Å². The van der Waals surface area contributed by atoms with Gasteiger partial charge in [0.25, 0.3) is 0 Å². The van der Waals surface area contributed by atoms with Gasteiger partial charge in [-0.05, 0) is 13.8 Å². The van der Waals surface area contributed by atoms with Gasteiger partial charge in [0.1, 0.15) is 23.3 Å². The van der Waals surface area contributed by atoms with Crippen molar-refractivity contribution in [1.82, 2.24) is 19.5 Å². The highest BCUT2D eigenvalue weighted by Crippen LogP contribution is 2.22. The number of aromatic nitrogens is 4. The fourth-order valence-corrected chi connectivity index (χ4v) is 1.76. The zero-order chi connectivity index (χ0) is 13.3. The molecule has 0 atom stereocenters. The standard InChI is InChI=1S/C12H18N6/c1-7(2)10-15-11(17-13)8(3)12(16-10)18-6-5-14-9(18)4/h5-7H,13H2,1-4H3,(H,15,16,17). The van der Waals surface area contributed by atoms with Crippen molar-refractivity contribution in [3.63, 3.8) is 0 Å². The summed E-state index contributed by atoms with van der Waals surface area (Å²) in [6.07, 6.45) is 3.64. The second kappa shape index (κ2) is 4.73. The Morgan fingerprint density at radius 2 is 2.00 bits per heavy atom. The van der Waals surface area contributed by atoms with Gasteiger partial charge in [-0.1, -0.05) is 13.8 Å². The molecule has 0 bridgehead atoms. The first-order valence-corrected chi connectivity index (χ1v) is 5.90. The summed E-state index contributed by atoms with van der Waals surface area (Å²) >= 11 is 0. The molecule has 0 aliphatic carbocycles. The normalized spacial score (nSPS) is 11.0. The first-order valence-electron chi connectivity index (χ1n) is 5.90. The van der Waals surface area contributed by atoms with E-state index in [4.69, 9.17) is 5.84 Å². The average Bonchev–Trinajstić information content (AvgIpc) is 2.75. The van der Waals surface area contributed by atoms with Gasteiger partial charge < -0.3 is 5.43 Å². The minimum absolute atomic E-state index is 0.236. The molecule has 2 aromatic rings. The molecule has 0 unspecified atom stereocenters. The molecule has 0 fully saturated rings. The summed E-state index contributed by atoms with van der Waals surface area (Å²) in [5.74, 6) is 8.86. The van der Waals surface area contributed by atoms with Crippen LogP contribution in [0.4, 0.5) is 5.82 Å². The topological polar surface area (TPSA) is 81.6 Å². The van der Waals surface area contributed by atoms with Crippen LogP contribution in [-0.2, 0) is 0 Å². The Morgan fingerprint density at radius 3 is 2.50 bits per heavy atom. The molecule has 0 radical (unpaired) electrons. The van der Waals surface area contributed by atoms with Gasteiger partial charge in [-0.25, -0.2) is 20.8 Å². The van der Waals surface area contributed by atoms with Crippen LogP contribution in [0, 0.1) is 13.8 Å². The van der Waals surface area contributed by atoms with Crippen LogP contribution in [0.25, 0.3) is 5.82 Å². The number of hydrazine groups is 1. The molecule has 6 nitrogen and oxygen atoms in total. The molecule has 18 heavy (non-hydrogen) atoms. The molecule has 0 aliphatic heterocycles. The number of imidazole rings is 1. The van der Waals surface area contributed by atoms with Crippen LogP contribution in [-0.4, -0.2) is 19.5 Å². The van der Waals surface area contributed by atoms with Gasteiger partial charge in [-0.2, -0.15) is 0 Å². The third-order valence-corrected chi connectivity index (χ3v) is 2.84. The summed E-state index contributed by atoms with van der Waals surface area (Å²) < 4.78 is 1.93. The van der Waals surface area contributed by atoms with Gasteiger partial charge in [0.05, 0.1) is 0 Å². The molecular formula is C12H18N6. The van der Waals surface area contributed by atoms with Crippen LogP contribution >= 0.6 is 0 Å². The SMILES string of the molecule is Cc1c(NN)nc(C(C)C)nc1-n1ccnc1C. The van der Waals surface area contributed by atoms with E-state index in [0.717, 1.165) is 23.0 Å². The Labute approximate surface area is 106 Å². The van der Waals surface area contributed by atoms with Crippen molar-refractivity contribution in [2.24, 2.45) is 5.84 Å². The van der Waals surface area contributed by atoms with Crippen molar-refractivity contribution in [1.29, 1.82) is 0 Å². The Bertz CT molecular complexity index is 558. The van der Waals surface area contributed by atoms with E-state index in [2.05, 4.69) is 34.2 Å². The predicted molar refractivity (Wildman–Crippen MR) is 70.5 cm³/mol. The van der Waals surface area contributed by atoms with E-state index in [1.54, 1.807) is 6.20 Å². The van der Waals surface area contributed by atoms with E-state index < -0.39 is 0 Å². The van der Waals surface area contributed by atoms with Crippen molar-refractivity contribution in [3.8, 4) is 5.82 Å². The van der Waals surface area contributed by atoms with Crippen molar-refractivity contribution < 1.29 is 0 Å². The number of aryl methyl sites for hydroxylation is 1. The highest BCUT2D eigenvalue weighted by molar-refractivity contribution is 5.51. The highest BCUT2D eigenvalue weighted by Gasteiger charge is 2.14. The summed E-state index contributed by atoms with van der Waals surface area (Å²) in [7, 11) is 0. The van der Waals surface area contributed by atoms with Crippen LogP contribution < -0.4 is 11.3 Å². The second-order valence-electron chi connectivity index (χ2n) is 4.52. The summed E-state index contributed by atoms with van der Waals surface area (Å²) in [5.41, 5.74) is 3.53. The number of nitrogens with one attached hydrogen (secondary N) is 1. The lowest BCUT2D eigenvalue weighted by Gasteiger charge is -2.14. The third-order valence-electron chi connectivity index (χ3n) is 2.84. The number of hydrogen-bond donors (Lipinski definition) is 2. The molecule has 0 aliphatic rings. The van der Waals surface area contributed by atoms with E-state index in [9.17, 15) is 0 Å². The van der Waals surface area contributed by atoms with Gasteiger partial charge >= 0.3 is 0 Å².